The van der Waals surface area contributed by atoms with Crippen molar-refractivity contribution in [3.63, 3.8) is 0 Å². The molecule has 1 aromatic heterocycles. The molecule has 0 saturated heterocycles. The molecule has 1 heterocycles. The normalized spacial score (nSPS) is 10.4. The summed E-state index contributed by atoms with van der Waals surface area (Å²) in [7, 11) is 0. The Balaban J connectivity index is 2.34. The molecule has 0 unspecified atom stereocenters. The first-order chi connectivity index (χ1) is 8.61. The lowest BCUT2D eigenvalue weighted by Gasteiger charge is -2.10. The molecule has 0 aliphatic carbocycles. The van der Waals surface area contributed by atoms with Crippen LogP contribution in [0.4, 0.5) is 4.39 Å². The first-order valence-electron chi connectivity index (χ1n) is 5.40. The fourth-order valence-corrected chi connectivity index (χ4v) is 1.74. The highest BCUT2D eigenvalue weighted by Crippen LogP contribution is 2.27. The average Bonchev–Trinajstić information content (AvgIpc) is 2.34. The predicted octanol–water partition coefficient (Wildman–Crippen LogP) is 3.54. The molecule has 2 rings (SSSR count). The Morgan fingerprint density at radius 1 is 1.33 bits per heavy atom. The molecule has 0 bridgehead atoms. The van der Waals surface area contributed by atoms with Gasteiger partial charge in [0.15, 0.2) is 0 Å². The molecule has 2 N–H and O–H groups in total. The number of benzene rings is 1. The average molecular weight is 311 g/mol. The molecule has 0 fully saturated rings. The van der Waals surface area contributed by atoms with Crippen LogP contribution >= 0.6 is 15.9 Å². The van der Waals surface area contributed by atoms with Crippen LogP contribution in [0.25, 0.3) is 0 Å². The lowest BCUT2D eigenvalue weighted by molar-refractivity contribution is 0.448. The van der Waals surface area contributed by atoms with Crippen LogP contribution in [-0.4, -0.2) is 4.98 Å². The number of aromatic nitrogens is 1. The zero-order valence-corrected chi connectivity index (χ0v) is 11.4. The molecule has 2 aromatic rings. The molecular weight excluding hydrogens is 299 g/mol. The van der Waals surface area contributed by atoms with Gasteiger partial charge in [-0.15, -0.1) is 0 Å². The van der Waals surface area contributed by atoms with Crippen molar-refractivity contribution in [2.45, 2.75) is 13.5 Å². The van der Waals surface area contributed by atoms with Crippen LogP contribution in [0.2, 0.25) is 0 Å². The summed E-state index contributed by atoms with van der Waals surface area (Å²) in [6, 6.07) is 8.15. The van der Waals surface area contributed by atoms with E-state index in [1.54, 1.807) is 18.2 Å². The smallest absolute Gasteiger partial charge is 0.219 e. The fraction of sp³-hybridized carbons (Fsp3) is 0.154. The Labute approximate surface area is 113 Å². The molecule has 1 aromatic carbocycles. The number of nitrogens with zero attached hydrogens (tertiary/aromatic N) is 1. The number of aryl methyl sites for hydroxylation is 1. The minimum Gasteiger partial charge on any atom is -0.439 e. The van der Waals surface area contributed by atoms with Gasteiger partial charge in [-0.1, -0.05) is 6.07 Å². The number of pyridine rings is 1. The number of hydrogen-bond donors (Lipinski definition) is 1. The van der Waals surface area contributed by atoms with Gasteiger partial charge in [0.05, 0.1) is 5.69 Å². The van der Waals surface area contributed by atoms with E-state index in [9.17, 15) is 4.39 Å². The van der Waals surface area contributed by atoms with Gasteiger partial charge in [0.2, 0.25) is 5.88 Å². The quantitative estimate of drug-likeness (QED) is 0.943. The molecule has 0 saturated carbocycles. The molecule has 5 heteroatoms. The molecule has 0 atom stereocenters. The second-order valence-electron chi connectivity index (χ2n) is 3.74. The largest absolute Gasteiger partial charge is 0.439 e. The van der Waals surface area contributed by atoms with Crippen LogP contribution in [0, 0.1) is 12.7 Å². The second kappa shape index (κ2) is 5.46. The van der Waals surface area contributed by atoms with E-state index in [2.05, 4.69) is 20.9 Å². The van der Waals surface area contributed by atoms with Crippen molar-refractivity contribution >= 4 is 15.9 Å². The molecule has 0 amide bonds. The van der Waals surface area contributed by atoms with Gasteiger partial charge in [-0.2, -0.15) is 0 Å². The zero-order valence-electron chi connectivity index (χ0n) is 9.78. The molecule has 0 aliphatic heterocycles. The van der Waals surface area contributed by atoms with Gasteiger partial charge < -0.3 is 10.5 Å². The van der Waals surface area contributed by atoms with Crippen molar-refractivity contribution in [2.24, 2.45) is 5.73 Å². The second-order valence-corrected chi connectivity index (χ2v) is 4.59. The monoisotopic (exact) mass is 310 g/mol. The number of halogens is 2. The summed E-state index contributed by atoms with van der Waals surface area (Å²) in [6.45, 7) is 1.93. The van der Waals surface area contributed by atoms with E-state index in [0.717, 1.165) is 10.2 Å². The summed E-state index contributed by atoms with van der Waals surface area (Å²) >= 11 is 3.36. The molecular formula is C13H12BrFN2O. The predicted molar refractivity (Wildman–Crippen MR) is 71.0 cm³/mol. The van der Waals surface area contributed by atoms with E-state index in [-0.39, 0.29) is 12.4 Å². The van der Waals surface area contributed by atoms with E-state index in [1.807, 2.05) is 13.0 Å². The van der Waals surface area contributed by atoms with Crippen LogP contribution in [0.3, 0.4) is 0 Å². The Morgan fingerprint density at radius 3 is 2.78 bits per heavy atom. The Kier molecular flexibility index (Phi) is 3.93. The Morgan fingerprint density at radius 2 is 2.11 bits per heavy atom. The minimum absolute atomic E-state index is 0.0809. The highest BCUT2D eigenvalue weighted by Gasteiger charge is 2.09. The fourth-order valence-electron chi connectivity index (χ4n) is 1.52. The molecule has 18 heavy (non-hydrogen) atoms. The van der Waals surface area contributed by atoms with Gasteiger partial charge in [-0.3, -0.25) is 0 Å². The van der Waals surface area contributed by atoms with E-state index in [1.165, 1.54) is 6.07 Å². The number of ether oxygens (including phenoxy) is 1. The zero-order chi connectivity index (χ0) is 13.1. The van der Waals surface area contributed by atoms with E-state index in [0.29, 0.717) is 17.2 Å². The van der Waals surface area contributed by atoms with Crippen molar-refractivity contribution in [1.82, 2.24) is 4.98 Å². The highest BCUT2D eigenvalue weighted by atomic mass is 79.9. The van der Waals surface area contributed by atoms with Gasteiger partial charge in [-0.25, -0.2) is 9.37 Å². The van der Waals surface area contributed by atoms with Crippen molar-refractivity contribution < 1.29 is 9.13 Å². The maximum absolute atomic E-state index is 13.5. The highest BCUT2D eigenvalue weighted by molar-refractivity contribution is 9.10. The molecule has 0 radical (unpaired) electrons. The van der Waals surface area contributed by atoms with Gasteiger partial charge in [0.1, 0.15) is 11.6 Å². The summed E-state index contributed by atoms with van der Waals surface area (Å²) < 4.78 is 20.0. The maximum Gasteiger partial charge on any atom is 0.219 e. The van der Waals surface area contributed by atoms with E-state index in [4.69, 9.17) is 10.5 Å². The lowest BCUT2D eigenvalue weighted by atomic mass is 10.2. The topological polar surface area (TPSA) is 48.1 Å². The van der Waals surface area contributed by atoms with Crippen molar-refractivity contribution in [1.29, 1.82) is 0 Å². The summed E-state index contributed by atoms with van der Waals surface area (Å²) in [5, 5.41) is 0. The third-order valence-corrected chi connectivity index (χ3v) is 3.33. The summed E-state index contributed by atoms with van der Waals surface area (Å²) in [6.07, 6.45) is 0. The molecule has 94 valence electrons. The van der Waals surface area contributed by atoms with Crippen LogP contribution in [0.15, 0.2) is 34.8 Å². The minimum atomic E-state index is -0.371. The van der Waals surface area contributed by atoms with Gasteiger partial charge in [0.25, 0.3) is 0 Å². The van der Waals surface area contributed by atoms with Crippen molar-refractivity contribution in [2.75, 3.05) is 0 Å². The first-order valence-corrected chi connectivity index (χ1v) is 6.19. The standard InChI is InChI=1S/C13H12BrFN2O/c1-8-10(14)5-6-13(17-8)18-12-4-2-3-11(15)9(12)7-16/h2-6H,7,16H2,1H3. The van der Waals surface area contributed by atoms with Gasteiger partial charge in [0, 0.05) is 22.6 Å². The summed E-state index contributed by atoms with van der Waals surface area (Å²) in [5.41, 5.74) is 6.66. The van der Waals surface area contributed by atoms with Gasteiger partial charge in [-0.05, 0) is 41.1 Å². The Hall–Kier alpha value is -1.46. The van der Waals surface area contributed by atoms with Crippen molar-refractivity contribution in [3.05, 3.63) is 51.9 Å². The van der Waals surface area contributed by atoms with Crippen LogP contribution in [0.5, 0.6) is 11.6 Å². The molecule has 3 nitrogen and oxygen atoms in total. The number of nitrogens with two attached hydrogens (primary N) is 1. The number of hydrogen-bond acceptors (Lipinski definition) is 3. The third kappa shape index (κ3) is 2.68. The maximum atomic E-state index is 13.5. The van der Waals surface area contributed by atoms with E-state index >= 15 is 0 Å². The third-order valence-electron chi connectivity index (χ3n) is 2.49. The summed E-state index contributed by atoms with van der Waals surface area (Å²) in [5.74, 6) is 0.437. The van der Waals surface area contributed by atoms with Crippen LogP contribution < -0.4 is 10.5 Å². The molecule has 0 aliphatic rings. The van der Waals surface area contributed by atoms with Crippen LogP contribution in [0.1, 0.15) is 11.3 Å². The Bertz CT molecular complexity index is 575. The van der Waals surface area contributed by atoms with Gasteiger partial charge >= 0.3 is 0 Å². The van der Waals surface area contributed by atoms with Crippen molar-refractivity contribution in [3.8, 4) is 11.6 Å². The molecule has 0 spiro atoms. The lowest BCUT2D eigenvalue weighted by Crippen LogP contribution is -2.03. The summed E-state index contributed by atoms with van der Waals surface area (Å²) in [4.78, 5) is 4.24. The van der Waals surface area contributed by atoms with Crippen LogP contribution in [-0.2, 0) is 6.54 Å². The SMILES string of the molecule is Cc1nc(Oc2cccc(F)c2CN)ccc1Br. The number of rotatable bonds is 3. The van der Waals surface area contributed by atoms with E-state index < -0.39 is 0 Å². The first kappa shape index (κ1) is 13.0.